The molecule has 4 rings (SSSR count). The summed E-state index contributed by atoms with van der Waals surface area (Å²) in [4.78, 5) is 19.6. The Hall–Kier alpha value is -2.92. The predicted molar refractivity (Wildman–Crippen MR) is 103 cm³/mol. The Bertz CT molecular complexity index is 1030. The predicted octanol–water partition coefficient (Wildman–Crippen LogP) is 4.31. The minimum atomic E-state index is -0.414. The van der Waals surface area contributed by atoms with Crippen LogP contribution in [0.1, 0.15) is 10.4 Å². The van der Waals surface area contributed by atoms with Gasteiger partial charge in [-0.3, -0.25) is 0 Å². The number of carbonyl (C=O) groups excluding carboxylic acids is 1. The highest BCUT2D eigenvalue weighted by atomic mass is 32.1. The van der Waals surface area contributed by atoms with Gasteiger partial charge in [0.2, 0.25) is 5.90 Å². The lowest BCUT2D eigenvalue weighted by atomic mass is 10.1. The third kappa shape index (κ3) is 3.06. The molecule has 25 heavy (non-hydrogen) atoms. The average molecular weight is 348 g/mol. The van der Waals surface area contributed by atoms with Gasteiger partial charge in [-0.1, -0.05) is 30.3 Å². The van der Waals surface area contributed by atoms with Crippen molar-refractivity contribution in [2.24, 2.45) is 4.99 Å². The van der Waals surface area contributed by atoms with Crippen LogP contribution in [0.2, 0.25) is 0 Å². The van der Waals surface area contributed by atoms with E-state index in [0.29, 0.717) is 11.6 Å². The lowest BCUT2D eigenvalue weighted by molar-refractivity contribution is -0.129. The number of hydrogen-bond acceptors (Lipinski definition) is 5. The quantitative estimate of drug-likeness (QED) is 0.523. The summed E-state index contributed by atoms with van der Waals surface area (Å²) in [5.41, 5.74) is 1.13. The summed E-state index contributed by atoms with van der Waals surface area (Å²) < 4.78 is 5.37. The smallest absolute Gasteiger partial charge is 0.363 e. The molecule has 3 aromatic rings. The molecule has 0 saturated heterocycles. The van der Waals surface area contributed by atoms with Crippen molar-refractivity contribution in [3.8, 4) is 0 Å². The fraction of sp³-hybridized carbons (Fsp3) is 0.100. The Morgan fingerprint density at radius 3 is 2.60 bits per heavy atom. The summed E-state index contributed by atoms with van der Waals surface area (Å²) in [7, 11) is 3.98. The summed E-state index contributed by atoms with van der Waals surface area (Å²) in [5, 5.41) is 3.35. The summed E-state index contributed by atoms with van der Waals surface area (Å²) in [6.45, 7) is 0. The Morgan fingerprint density at radius 2 is 1.84 bits per heavy atom. The maximum Gasteiger partial charge on any atom is 0.363 e. The molecule has 0 unspecified atom stereocenters. The zero-order valence-electron chi connectivity index (χ0n) is 13.9. The number of anilines is 1. The molecule has 1 aliphatic heterocycles. The van der Waals surface area contributed by atoms with Crippen LogP contribution in [0.5, 0.6) is 0 Å². The third-order valence-electron chi connectivity index (χ3n) is 3.95. The van der Waals surface area contributed by atoms with Crippen LogP contribution in [0.15, 0.2) is 65.3 Å². The van der Waals surface area contributed by atoms with Crippen molar-refractivity contribution in [1.82, 2.24) is 0 Å². The van der Waals surface area contributed by atoms with Gasteiger partial charge in [-0.05, 0) is 41.1 Å². The molecule has 124 valence electrons. The average Bonchev–Trinajstić information content (AvgIpc) is 3.22. The first-order chi connectivity index (χ1) is 12.1. The summed E-state index contributed by atoms with van der Waals surface area (Å²) in [6.07, 6.45) is 1.77. The van der Waals surface area contributed by atoms with Gasteiger partial charge in [0.1, 0.15) is 0 Å². The largest absolute Gasteiger partial charge is 0.402 e. The van der Waals surface area contributed by atoms with Gasteiger partial charge in [0.15, 0.2) is 5.70 Å². The topological polar surface area (TPSA) is 41.9 Å². The molecule has 2 aromatic carbocycles. The van der Waals surface area contributed by atoms with Crippen molar-refractivity contribution in [1.29, 1.82) is 0 Å². The second kappa shape index (κ2) is 6.18. The van der Waals surface area contributed by atoms with E-state index in [0.717, 1.165) is 26.2 Å². The van der Waals surface area contributed by atoms with Gasteiger partial charge in [0.05, 0.1) is 5.00 Å². The number of rotatable bonds is 3. The molecular weight excluding hydrogens is 332 g/mol. The molecule has 0 spiro atoms. The van der Waals surface area contributed by atoms with Crippen LogP contribution in [0.3, 0.4) is 0 Å². The van der Waals surface area contributed by atoms with E-state index in [1.807, 2.05) is 73.6 Å². The van der Waals surface area contributed by atoms with Crippen molar-refractivity contribution in [2.75, 3.05) is 19.0 Å². The number of thiophene rings is 1. The molecule has 0 fully saturated rings. The fourth-order valence-corrected chi connectivity index (χ4v) is 3.52. The molecule has 2 heterocycles. The second-order valence-electron chi connectivity index (χ2n) is 5.97. The molecular formula is C20H16N2O2S. The van der Waals surface area contributed by atoms with E-state index in [1.54, 1.807) is 17.4 Å². The van der Waals surface area contributed by atoms with Crippen molar-refractivity contribution in [3.05, 3.63) is 70.7 Å². The number of aliphatic imine (C=N–C) groups is 1. The highest BCUT2D eigenvalue weighted by molar-refractivity contribution is 7.16. The molecule has 0 N–H and O–H groups in total. The molecule has 0 radical (unpaired) electrons. The monoisotopic (exact) mass is 348 g/mol. The number of fused-ring (bicyclic) bond motifs is 1. The maximum absolute atomic E-state index is 12.2. The molecule has 0 amide bonds. The zero-order chi connectivity index (χ0) is 17.4. The normalized spacial score (nSPS) is 15.5. The van der Waals surface area contributed by atoms with Crippen molar-refractivity contribution in [2.45, 2.75) is 0 Å². The van der Waals surface area contributed by atoms with Crippen LogP contribution in [0, 0.1) is 0 Å². The van der Waals surface area contributed by atoms with Crippen LogP contribution in [-0.4, -0.2) is 26.0 Å². The molecule has 4 nitrogen and oxygen atoms in total. The van der Waals surface area contributed by atoms with Gasteiger partial charge in [0, 0.05) is 24.5 Å². The zero-order valence-corrected chi connectivity index (χ0v) is 14.7. The number of carbonyl (C=O) groups is 1. The minimum Gasteiger partial charge on any atom is -0.402 e. The summed E-state index contributed by atoms with van der Waals surface area (Å²) in [5.74, 6) is -0.0608. The van der Waals surface area contributed by atoms with E-state index >= 15 is 0 Å². The first kappa shape index (κ1) is 15.6. The summed E-state index contributed by atoms with van der Waals surface area (Å²) >= 11 is 1.60. The van der Waals surface area contributed by atoms with Crippen LogP contribution in [0.4, 0.5) is 5.00 Å². The van der Waals surface area contributed by atoms with E-state index < -0.39 is 5.97 Å². The number of nitrogens with zero attached hydrogens (tertiary/aromatic N) is 2. The van der Waals surface area contributed by atoms with Gasteiger partial charge in [-0.15, -0.1) is 11.3 Å². The molecule has 0 bridgehead atoms. The Balaban J connectivity index is 1.67. The number of benzene rings is 2. The lowest BCUT2D eigenvalue weighted by Gasteiger charge is -2.06. The van der Waals surface area contributed by atoms with Gasteiger partial charge in [-0.25, -0.2) is 9.79 Å². The van der Waals surface area contributed by atoms with Gasteiger partial charge in [0.25, 0.3) is 0 Å². The van der Waals surface area contributed by atoms with E-state index in [1.165, 1.54) is 0 Å². The number of esters is 1. The van der Waals surface area contributed by atoms with Gasteiger partial charge in [-0.2, -0.15) is 0 Å². The lowest BCUT2D eigenvalue weighted by Crippen LogP contribution is -2.05. The SMILES string of the molecule is CN(C)c1ccc(C=C2N=C(c3ccc4ccccc4c3)OC2=O)s1. The van der Waals surface area contributed by atoms with Crippen molar-refractivity contribution < 1.29 is 9.53 Å². The van der Waals surface area contributed by atoms with Crippen LogP contribution in [-0.2, 0) is 9.53 Å². The summed E-state index contributed by atoms with van der Waals surface area (Å²) in [6, 6.07) is 18.0. The first-order valence-corrected chi connectivity index (χ1v) is 8.71. The Labute approximate surface area is 149 Å². The van der Waals surface area contributed by atoms with Crippen molar-refractivity contribution in [3.63, 3.8) is 0 Å². The highest BCUT2D eigenvalue weighted by Gasteiger charge is 2.24. The molecule has 5 heteroatoms. The van der Waals surface area contributed by atoms with Crippen LogP contribution >= 0.6 is 11.3 Å². The van der Waals surface area contributed by atoms with E-state index in [2.05, 4.69) is 4.99 Å². The molecule has 1 aromatic heterocycles. The highest BCUT2D eigenvalue weighted by Crippen LogP contribution is 2.28. The van der Waals surface area contributed by atoms with E-state index in [4.69, 9.17) is 4.74 Å². The number of cyclic esters (lactones) is 1. The standard InChI is InChI=1S/C20H16N2O2S/c1-22(2)18-10-9-16(25-18)12-17-20(23)24-19(21-17)15-8-7-13-5-3-4-6-14(13)11-15/h3-12H,1-2H3. The maximum atomic E-state index is 12.2. The molecule has 1 aliphatic rings. The number of hydrogen-bond donors (Lipinski definition) is 0. The first-order valence-electron chi connectivity index (χ1n) is 7.89. The van der Waals surface area contributed by atoms with E-state index in [9.17, 15) is 4.79 Å². The van der Waals surface area contributed by atoms with Crippen LogP contribution < -0.4 is 4.90 Å². The fourth-order valence-electron chi connectivity index (χ4n) is 2.65. The Kier molecular flexibility index (Phi) is 3.86. The molecule has 0 aliphatic carbocycles. The van der Waals surface area contributed by atoms with Crippen molar-refractivity contribution >= 4 is 45.1 Å². The second-order valence-corrected chi connectivity index (χ2v) is 7.06. The Morgan fingerprint density at radius 1 is 1.04 bits per heavy atom. The third-order valence-corrected chi connectivity index (χ3v) is 5.15. The van der Waals surface area contributed by atoms with Gasteiger partial charge >= 0.3 is 5.97 Å². The minimum absolute atomic E-state index is 0.329. The van der Waals surface area contributed by atoms with E-state index in [-0.39, 0.29) is 0 Å². The van der Waals surface area contributed by atoms with Gasteiger partial charge < -0.3 is 9.64 Å². The molecule has 0 saturated carbocycles. The van der Waals surface area contributed by atoms with Crippen LogP contribution in [0.25, 0.3) is 16.8 Å². The number of ether oxygens (including phenoxy) is 1. The molecule has 0 atom stereocenters.